The molecule has 0 aliphatic heterocycles. The van der Waals surface area contributed by atoms with E-state index < -0.39 is 47.6 Å². The molecule has 0 aromatic heterocycles. The number of aryl methyl sites for hydroxylation is 1. The lowest BCUT2D eigenvalue weighted by Crippen LogP contribution is -2.55. The monoisotopic (exact) mass is 604 g/mol. The van der Waals surface area contributed by atoms with Crippen molar-refractivity contribution in [2.45, 2.75) is 43.3 Å². The molecule has 0 saturated heterocycles. The van der Waals surface area contributed by atoms with Gasteiger partial charge in [-0.05, 0) is 53.8 Å². The van der Waals surface area contributed by atoms with E-state index in [2.05, 4.69) is 18.5 Å². The first kappa shape index (κ1) is 33.6. The molecule has 0 aliphatic rings. The summed E-state index contributed by atoms with van der Waals surface area (Å²) in [6.07, 6.45) is -4.76. The minimum Gasteiger partial charge on any atom is -0.468 e. The van der Waals surface area contributed by atoms with Gasteiger partial charge in [0.05, 0.1) is 24.3 Å². The number of carbonyl (C=O) groups is 1. The molecule has 10 heteroatoms. The highest BCUT2D eigenvalue weighted by Gasteiger charge is 2.36. The Hall–Kier alpha value is -3.89. The third-order valence-electron chi connectivity index (χ3n) is 7.10. The fourth-order valence-corrected chi connectivity index (χ4v) is 4.95. The highest BCUT2D eigenvalue weighted by Crippen LogP contribution is 2.34. The Morgan fingerprint density at radius 3 is 1.67 bits per heavy atom. The van der Waals surface area contributed by atoms with Crippen LogP contribution >= 0.6 is 0 Å². The van der Waals surface area contributed by atoms with Gasteiger partial charge in [-0.3, -0.25) is 15.0 Å². The number of hydrogen-bond acceptors (Lipinski definition) is 4. The predicted molar refractivity (Wildman–Crippen MR) is 154 cm³/mol. The van der Waals surface area contributed by atoms with E-state index in [0.29, 0.717) is 37.1 Å². The largest absolute Gasteiger partial charge is 0.468 e. The average molecular weight is 605 g/mol. The molecule has 3 aromatic rings. The summed E-state index contributed by atoms with van der Waals surface area (Å²) in [6, 6.07) is 15.7. The van der Waals surface area contributed by atoms with Crippen molar-refractivity contribution in [2.75, 3.05) is 20.2 Å². The summed E-state index contributed by atoms with van der Waals surface area (Å²) < 4.78 is 85.1. The number of rotatable bonds is 14. The second-order valence-corrected chi connectivity index (χ2v) is 9.96. The minimum absolute atomic E-state index is 0.322. The highest BCUT2D eigenvalue weighted by atomic mass is 19.4. The second-order valence-electron chi connectivity index (χ2n) is 9.96. The van der Waals surface area contributed by atoms with E-state index in [9.17, 15) is 31.1 Å². The molecular weight excluding hydrogens is 570 g/mol. The fourth-order valence-electron chi connectivity index (χ4n) is 4.95. The van der Waals surface area contributed by atoms with Gasteiger partial charge in [0.1, 0.15) is 6.04 Å². The predicted octanol–water partition coefficient (Wildman–Crippen LogP) is 7.62. The van der Waals surface area contributed by atoms with Crippen molar-refractivity contribution in [3.05, 3.63) is 132 Å². The van der Waals surface area contributed by atoms with Crippen LogP contribution in [0.25, 0.3) is 0 Å². The van der Waals surface area contributed by atoms with E-state index in [-0.39, 0.29) is 0 Å². The van der Waals surface area contributed by atoms with Crippen LogP contribution in [0.4, 0.5) is 26.3 Å². The van der Waals surface area contributed by atoms with Crippen LogP contribution in [0.1, 0.15) is 40.3 Å². The van der Waals surface area contributed by atoms with Crippen molar-refractivity contribution >= 4 is 5.97 Å². The molecule has 0 bridgehead atoms. The van der Waals surface area contributed by atoms with Crippen LogP contribution in [-0.4, -0.2) is 43.2 Å². The number of methoxy groups -OCH3 is 1. The number of carbonyl (C=O) groups excluding carboxylic acids is 1. The summed E-state index contributed by atoms with van der Waals surface area (Å²) in [5.74, 6) is -0.639. The molecule has 0 heterocycles. The number of hydrogen-bond donors (Lipinski definition) is 1. The van der Waals surface area contributed by atoms with Gasteiger partial charge in [-0.1, -0.05) is 66.7 Å². The maximum Gasteiger partial charge on any atom is 0.416 e. The van der Waals surface area contributed by atoms with Crippen molar-refractivity contribution in [1.29, 1.82) is 0 Å². The summed E-state index contributed by atoms with van der Waals surface area (Å²) in [4.78, 5) is 15.4. The van der Waals surface area contributed by atoms with E-state index in [1.54, 1.807) is 12.2 Å². The summed E-state index contributed by atoms with van der Waals surface area (Å²) in [6.45, 7) is 8.41. The number of esters is 1. The Morgan fingerprint density at radius 1 is 0.814 bits per heavy atom. The van der Waals surface area contributed by atoms with Gasteiger partial charge in [0.15, 0.2) is 0 Å². The Labute approximate surface area is 247 Å². The molecule has 0 amide bonds. The topological polar surface area (TPSA) is 41.6 Å². The average Bonchev–Trinajstić information content (AvgIpc) is 2.98. The van der Waals surface area contributed by atoms with Crippen LogP contribution in [0.5, 0.6) is 0 Å². The zero-order valence-electron chi connectivity index (χ0n) is 23.7. The van der Waals surface area contributed by atoms with E-state index in [1.807, 2.05) is 35.2 Å². The Morgan fingerprint density at radius 2 is 1.28 bits per heavy atom. The molecule has 230 valence electrons. The van der Waals surface area contributed by atoms with Gasteiger partial charge in [0, 0.05) is 19.1 Å². The van der Waals surface area contributed by atoms with Crippen LogP contribution in [-0.2, 0) is 28.3 Å². The van der Waals surface area contributed by atoms with Crippen LogP contribution in [0.15, 0.2) is 104 Å². The lowest BCUT2D eigenvalue weighted by Gasteiger charge is -2.37. The maximum absolute atomic E-state index is 13.4. The standard InChI is InChI=1S/C33H34F6N2O2/c1-4-21-41(22-5-2)28(20-11-23-9-7-6-8-10-23)30(31(42)43-3)40-29(24-12-16-26(17-13-24)32(34,35)36)25-14-18-27(19-15-25)33(37,38)39/h4-10,12-19,28-30,40H,1-2,11,20-22H2,3H3/t28-,30-/m0/s1. The highest BCUT2D eigenvalue weighted by molar-refractivity contribution is 5.77. The van der Waals surface area contributed by atoms with Crippen LogP contribution < -0.4 is 5.32 Å². The van der Waals surface area contributed by atoms with Crippen molar-refractivity contribution < 1.29 is 35.9 Å². The molecule has 0 aliphatic carbocycles. The number of alkyl halides is 6. The number of ether oxygens (including phenoxy) is 1. The maximum atomic E-state index is 13.4. The van der Waals surface area contributed by atoms with Crippen molar-refractivity contribution in [3.8, 4) is 0 Å². The number of nitrogens with zero attached hydrogens (tertiary/aromatic N) is 1. The van der Waals surface area contributed by atoms with Gasteiger partial charge in [0.25, 0.3) is 0 Å². The van der Waals surface area contributed by atoms with Gasteiger partial charge in [-0.2, -0.15) is 26.3 Å². The van der Waals surface area contributed by atoms with Gasteiger partial charge in [-0.25, -0.2) is 0 Å². The van der Waals surface area contributed by atoms with Crippen LogP contribution in [0.3, 0.4) is 0 Å². The van der Waals surface area contributed by atoms with Gasteiger partial charge in [-0.15, -0.1) is 13.2 Å². The fraction of sp³-hybridized carbons (Fsp3) is 0.303. The zero-order chi connectivity index (χ0) is 31.6. The normalized spacial score (nSPS) is 13.5. The van der Waals surface area contributed by atoms with Gasteiger partial charge >= 0.3 is 18.3 Å². The Bertz CT molecular complexity index is 1260. The summed E-state index contributed by atoms with van der Waals surface area (Å²) in [7, 11) is 1.22. The van der Waals surface area contributed by atoms with Gasteiger partial charge < -0.3 is 4.74 Å². The third kappa shape index (κ3) is 9.30. The molecule has 0 spiro atoms. The quantitative estimate of drug-likeness (QED) is 0.117. The summed E-state index contributed by atoms with van der Waals surface area (Å²) in [5.41, 5.74) is -0.0909. The first-order valence-electron chi connectivity index (χ1n) is 13.6. The molecule has 3 rings (SSSR count). The Balaban J connectivity index is 2.10. The van der Waals surface area contributed by atoms with Gasteiger partial charge in [0.2, 0.25) is 0 Å². The molecule has 2 atom stereocenters. The second kappa shape index (κ2) is 15.0. The molecular formula is C33H34F6N2O2. The lowest BCUT2D eigenvalue weighted by molar-refractivity contribution is -0.145. The molecule has 4 nitrogen and oxygen atoms in total. The third-order valence-corrected chi connectivity index (χ3v) is 7.10. The van der Waals surface area contributed by atoms with Crippen molar-refractivity contribution in [1.82, 2.24) is 10.2 Å². The number of benzene rings is 3. The molecule has 3 aromatic carbocycles. The first-order valence-corrected chi connectivity index (χ1v) is 13.6. The molecule has 43 heavy (non-hydrogen) atoms. The van der Waals surface area contributed by atoms with E-state index >= 15 is 0 Å². The molecule has 0 fully saturated rings. The Kier molecular flexibility index (Phi) is 11.7. The molecule has 0 unspecified atom stereocenters. The van der Waals surface area contributed by atoms with Crippen LogP contribution in [0.2, 0.25) is 0 Å². The first-order chi connectivity index (χ1) is 20.4. The van der Waals surface area contributed by atoms with E-state index in [4.69, 9.17) is 4.74 Å². The van der Waals surface area contributed by atoms with Crippen molar-refractivity contribution in [3.63, 3.8) is 0 Å². The van der Waals surface area contributed by atoms with E-state index in [1.165, 1.54) is 31.4 Å². The molecule has 1 N–H and O–H groups in total. The molecule has 0 radical (unpaired) electrons. The van der Waals surface area contributed by atoms with Crippen molar-refractivity contribution in [2.24, 2.45) is 0 Å². The summed E-state index contributed by atoms with van der Waals surface area (Å²) >= 11 is 0. The minimum atomic E-state index is -4.58. The smallest absolute Gasteiger partial charge is 0.416 e. The number of halogens is 6. The van der Waals surface area contributed by atoms with Crippen LogP contribution in [0, 0.1) is 0 Å². The molecule has 0 saturated carbocycles. The number of nitrogens with one attached hydrogen (secondary N) is 1. The summed E-state index contributed by atoms with van der Waals surface area (Å²) in [5, 5.41) is 3.24. The lowest BCUT2D eigenvalue weighted by atomic mass is 9.92. The zero-order valence-corrected chi connectivity index (χ0v) is 23.7. The van der Waals surface area contributed by atoms with E-state index in [0.717, 1.165) is 29.8 Å². The SMILES string of the molecule is C=CCN(CC=C)[C@@H](CCc1ccccc1)[C@H](NC(c1ccc(C(F)(F)F)cc1)c1ccc(C(F)(F)F)cc1)C(=O)OC.